The summed E-state index contributed by atoms with van der Waals surface area (Å²) >= 11 is 6.10. The van der Waals surface area contributed by atoms with Crippen molar-refractivity contribution < 1.29 is 23.2 Å². The Labute approximate surface area is 129 Å². The molecule has 2 N–H and O–H groups in total. The number of carboxylic acid groups (broad SMARTS) is 1. The number of thiophene rings is 1. The summed E-state index contributed by atoms with van der Waals surface area (Å²) in [6, 6.07) is -0.501. The van der Waals surface area contributed by atoms with E-state index in [4.69, 9.17) is 16.7 Å². The van der Waals surface area contributed by atoms with Crippen LogP contribution in [0, 0.1) is 16.0 Å². The zero-order chi connectivity index (χ0) is 16.4. The Balaban J connectivity index is 3.07. The molecule has 1 aromatic heterocycles. The van der Waals surface area contributed by atoms with E-state index in [1.807, 2.05) is 4.72 Å². The van der Waals surface area contributed by atoms with Gasteiger partial charge in [-0.3, -0.25) is 14.9 Å². The number of sulfonamides is 1. The van der Waals surface area contributed by atoms with E-state index >= 15 is 0 Å². The van der Waals surface area contributed by atoms with Gasteiger partial charge in [-0.1, -0.05) is 25.4 Å². The molecule has 0 saturated carbocycles. The molecule has 0 spiro atoms. The number of rotatable bonds is 7. The van der Waals surface area contributed by atoms with Crippen molar-refractivity contribution >= 4 is 44.6 Å². The van der Waals surface area contributed by atoms with Gasteiger partial charge in [-0.2, -0.15) is 4.72 Å². The average molecular weight is 357 g/mol. The van der Waals surface area contributed by atoms with Gasteiger partial charge in [0.15, 0.2) is 4.34 Å². The van der Waals surface area contributed by atoms with E-state index < -0.39 is 36.9 Å². The number of hydrogen-bond acceptors (Lipinski definition) is 6. The number of nitro groups is 1. The third kappa shape index (κ3) is 4.63. The average Bonchev–Trinajstić information content (AvgIpc) is 2.70. The molecule has 1 aromatic rings. The van der Waals surface area contributed by atoms with Gasteiger partial charge in [-0.25, -0.2) is 8.42 Å². The Hall–Kier alpha value is -1.23. The molecule has 11 heteroatoms. The van der Waals surface area contributed by atoms with E-state index in [9.17, 15) is 23.3 Å². The highest BCUT2D eigenvalue weighted by atomic mass is 35.5. The predicted molar refractivity (Wildman–Crippen MR) is 77.2 cm³/mol. The summed E-state index contributed by atoms with van der Waals surface area (Å²) in [5, 5.41) is 19.7. The Morgan fingerprint density at radius 2 is 2.14 bits per heavy atom. The minimum absolute atomic E-state index is 0.0462. The summed E-state index contributed by atoms with van der Waals surface area (Å²) in [6.45, 7) is 3.49. The molecule has 1 heterocycles. The van der Waals surface area contributed by atoms with E-state index in [1.165, 1.54) is 0 Å². The molecule has 0 aliphatic carbocycles. The molecule has 118 valence electrons. The van der Waals surface area contributed by atoms with Crippen LogP contribution in [0.15, 0.2) is 10.3 Å². The zero-order valence-electron chi connectivity index (χ0n) is 11.1. The quantitative estimate of drug-likeness (QED) is 0.568. The lowest BCUT2D eigenvalue weighted by molar-refractivity contribution is -0.384. The molecule has 0 aliphatic rings. The molecule has 0 fully saturated rings. The van der Waals surface area contributed by atoms with Crippen molar-refractivity contribution in [3.8, 4) is 0 Å². The molecule has 1 atom stereocenters. The molecule has 0 aliphatic heterocycles. The van der Waals surface area contributed by atoms with E-state index in [0.717, 1.165) is 6.07 Å². The van der Waals surface area contributed by atoms with Crippen LogP contribution in [0.5, 0.6) is 0 Å². The summed E-state index contributed by atoms with van der Waals surface area (Å²) in [4.78, 5) is 20.9. The van der Waals surface area contributed by atoms with Gasteiger partial charge < -0.3 is 5.11 Å². The standard InChI is InChI=1S/C10H13ClN2O6S2/c1-5(2)3-6(10(14)15)12-21(18,19)8-4-7(13(16)17)9(11)20-8/h4-6,12H,3H2,1-2H3,(H,14,15)/t6-/m1/s1. The monoisotopic (exact) mass is 356 g/mol. The maximum atomic E-state index is 12.1. The second kappa shape index (κ2) is 6.69. The fourth-order valence-corrected chi connectivity index (χ4v) is 4.39. The summed E-state index contributed by atoms with van der Waals surface area (Å²) in [6.07, 6.45) is 0.0930. The lowest BCUT2D eigenvalue weighted by Gasteiger charge is -2.15. The van der Waals surface area contributed by atoms with Crippen molar-refractivity contribution in [2.75, 3.05) is 0 Å². The Bertz CT molecular complexity index is 655. The molecule has 21 heavy (non-hydrogen) atoms. The van der Waals surface area contributed by atoms with Gasteiger partial charge >= 0.3 is 5.97 Å². The zero-order valence-corrected chi connectivity index (χ0v) is 13.5. The van der Waals surface area contributed by atoms with Crippen molar-refractivity contribution in [2.45, 2.75) is 30.5 Å². The number of aliphatic carboxylic acids is 1. The van der Waals surface area contributed by atoms with E-state index in [0.29, 0.717) is 11.3 Å². The molecule has 1 rings (SSSR count). The van der Waals surface area contributed by atoms with Crippen LogP contribution < -0.4 is 4.72 Å². The number of nitrogens with one attached hydrogen (secondary N) is 1. The van der Waals surface area contributed by atoms with Crippen molar-refractivity contribution in [3.63, 3.8) is 0 Å². The lowest BCUT2D eigenvalue weighted by atomic mass is 10.1. The number of halogens is 1. The molecular weight excluding hydrogens is 344 g/mol. The van der Waals surface area contributed by atoms with E-state index in [2.05, 4.69) is 0 Å². The van der Waals surface area contributed by atoms with Crippen LogP contribution in [0.1, 0.15) is 20.3 Å². The fraction of sp³-hybridized carbons (Fsp3) is 0.500. The number of hydrogen-bond donors (Lipinski definition) is 2. The minimum Gasteiger partial charge on any atom is -0.480 e. The molecule has 8 nitrogen and oxygen atoms in total. The minimum atomic E-state index is -4.19. The Morgan fingerprint density at radius 3 is 2.52 bits per heavy atom. The first-order valence-electron chi connectivity index (χ1n) is 5.73. The molecule has 0 amide bonds. The highest BCUT2D eigenvalue weighted by Gasteiger charge is 2.30. The van der Waals surface area contributed by atoms with Crippen LogP contribution in [0.2, 0.25) is 4.34 Å². The van der Waals surface area contributed by atoms with Crippen molar-refractivity contribution in [1.29, 1.82) is 0 Å². The molecule has 0 aromatic carbocycles. The van der Waals surface area contributed by atoms with Crippen molar-refractivity contribution in [3.05, 3.63) is 20.5 Å². The van der Waals surface area contributed by atoms with E-state index in [1.54, 1.807) is 13.8 Å². The fourth-order valence-electron chi connectivity index (χ4n) is 1.51. The summed E-state index contributed by atoms with van der Waals surface area (Å²) in [5.74, 6) is -1.36. The number of carbonyl (C=O) groups is 1. The Kier molecular flexibility index (Phi) is 5.68. The smallest absolute Gasteiger partial charge is 0.321 e. The van der Waals surface area contributed by atoms with Crippen LogP contribution in [-0.2, 0) is 14.8 Å². The molecule has 0 radical (unpaired) electrons. The van der Waals surface area contributed by atoms with Crippen LogP contribution in [0.4, 0.5) is 5.69 Å². The highest BCUT2D eigenvalue weighted by Crippen LogP contribution is 2.36. The normalized spacial score (nSPS) is 13.3. The van der Waals surface area contributed by atoms with Crippen LogP contribution in [-0.4, -0.2) is 30.5 Å². The number of nitrogens with zero attached hydrogens (tertiary/aromatic N) is 1. The highest BCUT2D eigenvalue weighted by molar-refractivity contribution is 7.91. The second-order valence-corrected chi connectivity index (χ2v) is 8.22. The summed E-state index contributed by atoms with van der Waals surface area (Å²) < 4.78 is 25.5. The maximum Gasteiger partial charge on any atom is 0.321 e. The van der Waals surface area contributed by atoms with Gasteiger partial charge in [0.05, 0.1) is 4.92 Å². The topological polar surface area (TPSA) is 127 Å². The van der Waals surface area contributed by atoms with Gasteiger partial charge in [0.1, 0.15) is 10.3 Å². The molecule has 0 unspecified atom stereocenters. The predicted octanol–water partition coefficient (Wildman–Crippen LogP) is 2.09. The van der Waals surface area contributed by atoms with Crippen LogP contribution in [0.3, 0.4) is 0 Å². The third-order valence-electron chi connectivity index (χ3n) is 2.41. The van der Waals surface area contributed by atoms with Gasteiger partial charge in [0.25, 0.3) is 15.7 Å². The SMILES string of the molecule is CC(C)C[C@@H](NS(=O)(=O)c1cc([N+](=O)[O-])c(Cl)s1)C(=O)O. The van der Waals surface area contributed by atoms with Gasteiger partial charge in [-0.15, -0.1) is 11.3 Å². The molecular formula is C10H13ClN2O6S2. The lowest BCUT2D eigenvalue weighted by Crippen LogP contribution is -2.41. The van der Waals surface area contributed by atoms with Gasteiger partial charge in [0, 0.05) is 6.07 Å². The Morgan fingerprint density at radius 1 is 1.57 bits per heavy atom. The second-order valence-electron chi connectivity index (χ2n) is 4.62. The maximum absolute atomic E-state index is 12.1. The van der Waals surface area contributed by atoms with Crippen molar-refractivity contribution in [2.24, 2.45) is 5.92 Å². The first-order chi connectivity index (χ1) is 9.54. The summed E-state index contributed by atoms with van der Waals surface area (Å²) in [5.41, 5.74) is -0.530. The van der Waals surface area contributed by atoms with Gasteiger partial charge in [-0.05, 0) is 12.3 Å². The van der Waals surface area contributed by atoms with Crippen LogP contribution >= 0.6 is 22.9 Å². The largest absolute Gasteiger partial charge is 0.480 e. The van der Waals surface area contributed by atoms with E-state index in [-0.39, 0.29) is 16.7 Å². The molecule has 0 bridgehead atoms. The summed E-state index contributed by atoms with van der Waals surface area (Å²) in [7, 11) is -4.19. The number of carboxylic acids is 1. The van der Waals surface area contributed by atoms with Gasteiger partial charge in [0.2, 0.25) is 0 Å². The van der Waals surface area contributed by atoms with Crippen molar-refractivity contribution in [1.82, 2.24) is 4.72 Å². The van der Waals surface area contributed by atoms with Crippen LogP contribution in [0.25, 0.3) is 0 Å². The third-order valence-corrected chi connectivity index (χ3v) is 5.69. The molecule has 0 saturated heterocycles. The first kappa shape index (κ1) is 17.8. The first-order valence-corrected chi connectivity index (χ1v) is 8.41.